The summed E-state index contributed by atoms with van der Waals surface area (Å²) in [4.78, 5) is 24.4. The summed E-state index contributed by atoms with van der Waals surface area (Å²) in [5.41, 5.74) is -2.00. The number of aromatic nitrogens is 2. The first-order valence-electron chi connectivity index (χ1n) is 4.61. The number of hydrogen-bond donors (Lipinski definition) is 2. The minimum absolute atomic E-state index is 0.196. The lowest BCUT2D eigenvalue weighted by Crippen LogP contribution is -2.31. The van der Waals surface area contributed by atoms with Gasteiger partial charge in [0, 0.05) is 8.95 Å². The predicted molar refractivity (Wildman–Crippen MR) is 69.7 cm³/mol. The minimum Gasteiger partial charge on any atom is -0.492 e. The van der Waals surface area contributed by atoms with Gasteiger partial charge >= 0.3 is 5.69 Å². The van der Waals surface area contributed by atoms with Gasteiger partial charge in [0.1, 0.15) is 0 Å². The molecule has 0 unspecified atom stereocenters. The summed E-state index contributed by atoms with van der Waals surface area (Å²) in [5, 5.41) is 9.56. The molecule has 94 valence electrons. The third-order valence-corrected chi connectivity index (χ3v) is 3.34. The van der Waals surface area contributed by atoms with E-state index < -0.39 is 22.9 Å². The minimum atomic E-state index is -1.42. The van der Waals surface area contributed by atoms with Crippen LogP contribution in [0.5, 0.6) is 5.88 Å². The first-order chi connectivity index (χ1) is 8.41. The van der Waals surface area contributed by atoms with E-state index in [0.717, 1.165) is 0 Å². The van der Waals surface area contributed by atoms with E-state index in [0.29, 0.717) is 13.5 Å². The van der Waals surface area contributed by atoms with Crippen LogP contribution in [0.15, 0.2) is 36.7 Å². The molecule has 2 rings (SSSR count). The Hall–Kier alpha value is -1.41. The Morgan fingerprint density at radius 3 is 2.61 bits per heavy atom. The van der Waals surface area contributed by atoms with Crippen molar-refractivity contribution >= 4 is 31.9 Å². The van der Waals surface area contributed by atoms with Gasteiger partial charge in [0.15, 0.2) is 0 Å². The zero-order chi connectivity index (χ0) is 13.4. The Labute approximate surface area is 116 Å². The van der Waals surface area contributed by atoms with Gasteiger partial charge in [0.2, 0.25) is 11.7 Å². The van der Waals surface area contributed by atoms with Crippen LogP contribution in [0.3, 0.4) is 0 Å². The van der Waals surface area contributed by atoms with Crippen LogP contribution in [0.4, 0.5) is 4.39 Å². The number of hydrogen-bond acceptors (Lipinski definition) is 3. The quantitative estimate of drug-likeness (QED) is 0.794. The number of halogens is 3. The first kappa shape index (κ1) is 13.0. The predicted octanol–water partition coefficient (Wildman–Crippen LogP) is 1.90. The van der Waals surface area contributed by atoms with Crippen LogP contribution in [0.2, 0.25) is 0 Å². The monoisotopic (exact) mass is 378 g/mol. The molecule has 0 radical (unpaired) electrons. The Morgan fingerprint density at radius 2 is 1.94 bits per heavy atom. The lowest BCUT2D eigenvalue weighted by Gasteiger charge is -2.10. The van der Waals surface area contributed by atoms with Gasteiger partial charge in [-0.3, -0.25) is 9.78 Å². The lowest BCUT2D eigenvalue weighted by atomic mass is 10.3. The summed E-state index contributed by atoms with van der Waals surface area (Å²) in [6.07, 6.45) is 0. The van der Waals surface area contributed by atoms with Crippen LogP contribution in [0.25, 0.3) is 5.69 Å². The van der Waals surface area contributed by atoms with Crippen molar-refractivity contribution in [1.29, 1.82) is 0 Å². The van der Waals surface area contributed by atoms with Gasteiger partial charge in [-0.2, -0.15) is 4.39 Å². The normalized spacial score (nSPS) is 10.6. The molecule has 5 nitrogen and oxygen atoms in total. The topological polar surface area (TPSA) is 75.1 Å². The molecule has 0 amide bonds. The Balaban J connectivity index is 2.88. The highest BCUT2D eigenvalue weighted by atomic mass is 79.9. The highest BCUT2D eigenvalue weighted by Crippen LogP contribution is 2.26. The summed E-state index contributed by atoms with van der Waals surface area (Å²) < 4.78 is 15.0. The van der Waals surface area contributed by atoms with Gasteiger partial charge < -0.3 is 5.11 Å². The molecule has 0 saturated carbocycles. The van der Waals surface area contributed by atoms with Gasteiger partial charge in [0.05, 0.1) is 5.69 Å². The second kappa shape index (κ2) is 4.69. The molecule has 2 aromatic rings. The first-order valence-corrected chi connectivity index (χ1v) is 6.19. The molecule has 0 spiro atoms. The van der Waals surface area contributed by atoms with E-state index in [1.165, 1.54) is 6.07 Å². The Morgan fingerprint density at radius 1 is 1.28 bits per heavy atom. The van der Waals surface area contributed by atoms with Crippen molar-refractivity contribution in [3.8, 4) is 11.6 Å². The maximum absolute atomic E-state index is 13.3. The van der Waals surface area contributed by atoms with E-state index in [9.17, 15) is 19.1 Å². The van der Waals surface area contributed by atoms with Gasteiger partial charge in [-0.25, -0.2) is 9.36 Å². The molecule has 1 aromatic heterocycles. The maximum Gasteiger partial charge on any atom is 0.335 e. The van der Waals surface area contributed by atoms with Crippen molar-refractivity contribution in [3.05, 3.63) is 53.8 Å². The molecule has 0 aliphatic carbocycles. The smallest absolute Gasteiger partial charge is 0.335 e. The molecule has 2 N–H and O–H groups in total. The number of H-pyrrole nitrogens is 1. The van der Waals surface area contributed by atoms with E-state index in [1.807, 2.05) is 0 Å². The fourth-order valence-corrected chi connectivity index (χ4v) is 2.16. The van der Waals surface area contributed by atoms with Crippen molar-refractivity contribution in [1.82, 2.24) is 9.55 Å². The second-order valence-electron chi connectivity index (χ2n) is 3.33. The van der Waals surface area contributed by atoms with Gasteiger partial charge in [0.25, 0.3) is 5.56 Å². The number of rotatable bonds is 1. The molecule has 18 heavy (non-hydrogen) atoms. The summed E-state index contributed by atoms with van der Waals surface area (Å²) in [6.45, 7) is 0. The highest BCUT2D eigenvalue weighted by Gasteiger charge is 2.16. The van der Waals surface area contributed by atoms with Crippen molar-refractivity contribution in [3.63, 3.8) is 0 Å². The molecular weight excluding hydrogens is 375 g/mol. The number of aromatic hydroxyl groups is 1. The Bertz CT molecular complexity index is 739. The fourth-order valence-electron chi connectivity index (χ4n) is 1.38. The standard InChI is InChI=1S/C10H5Br2FN2O3/c11-4-1-2-5(12)6(3-4)15-9(17)7(13)8(16)14-10(15)18/h1-3,17H,(H,14,16,18). The van der Waals surface area contributed by atoms with E-state index in [-0.39, 0.29) is 5.69 Å². The van der Waals surface area contributed by atoms with E-state index >= 15 is 0 Å². The molecule has 0 fully saturated rings. The molecular formula is C10H5Br2FN2O3. The fraction of sp³-hybridized carbons (Fsp3) is 0. The van der Waals surface area contributed by atoms with Gasteiger partial charge in [-0.1, -0.05) is 15.9 Å². The van der Waals surface area contributed by atoms with Crippen molar-refractivity contribution in [2.45, 2.75) is 0 Å². The van der Waals surface area contributed by atoms with E-state index in [1.54, 1.807) is 17.1 Å². The van der Waals surface area contributed by atoms with Crippen LogP contribution in [-0.4, -0.2) is 14.7 Å². The van der Waals surface area contributed by atoms with Crippen molar-refractivity contribution < 1.29 is 9.50 Å². The molecule has 0 bridgehead atoms. The molecule has 0 aliphatic rings. The molecule has 8 heteroatoms. The van der Waals surface area contributed by atoms with Crippen LogP contribution < -0.4 is 11.2 Å². The number of benzene rings is 1. The van der Waals surface area contributed by atoms with Gasteiger partial charge in [-0.05, 0) is 34.1 Å². The van der Waals surface area contributed by atoms with Gasteiger partial charge in [-0.15, -0.1) is 0 Å². The van der Waals surface area contributed by atoms with Crippen LogP contribution in [-0.2, 0) is 0 Å². The average molecular weight is 380 g/mol. The summed E-state index contributed by atoms with van der Waals surface area (Å²) in [6, 6.07) is 4.79. The lowest BCUT2D eigenvalue weighted by molar-refractivity contribution is 0.386. The third kappa shape index (κ3) is 2.13. The second-order valence-corrected chi connectivity index (χ2v) is 5.10. The van der Waals surface area contributed by atoms with Crippen LogP contribution >= 0.6 is 31.9 Å². The number of aromatic amines is 1. The molecule has 0 aliphatic heterocycles. The molecule has 0 atom stereocenters. The molecule has 1 heterocycles. The van der Waals surface area contributed by atoms with Crippen LogP contribution in [0, 0.1) is 5.82 Å². The zero-order valence-electron chi connectivity index (χ0n) is 8.58. The summed E-state index contributed by atoms with van der Waals surface area (Å²) in [5.74, 6) is -2.45. The third-order valence-electron chi connectivity index (χ3n) is 2.18. The number of nitrogens with one attached hydrogen (secondary N) is 1. The Kier molecular flexibility index (Phi) is 3.40. The van der Waals surface area contributed by atoms with Crippen molar-refractivity contribution in [2.24, 2.45) is 0 Å². The summed E-state index contributed by atoms with van der Waals surface area (Å²) in [7, 11) is 0. The van der Waals surface area contributed by atoms with Crippen molar-refractivity contribution in [2.75, 3.05) is 0 Å². The van der Waals surface area contributed by atoms with E-state index in [4.69, 9.17) is 0 Å². The SMILES string of the molecule is O=c1[nH]c(=O)n(-c2cc(Br)ccc2Br)c(O)c1F. The number of nitrogens with zero attached hydrogens (tertiary/aromatic N) is 1. The van der Waals surface area contributed by atoms with Crippen LogP contribution in [0.1, 0.15) is 0 Å². The highest BCUT2D eigenvalue weighted by molar-refractivity contribution is 9.11. The summed E-state index contributed by atoms with van der Waals surface area (Å²) >= 11 is 6.36. The van der Waals surface area contributed by atoms with E-state index in [2.05, 4.69) is 31.9 Å². The maximum atomic E-state index is 13.3. The molecule has 1 aromatic carbocycles. The average Bonchev–Trinajstić information content (AvgIpc) is 2.31. The molecule has 0 saturated heterocycles. The largest absolute Gasteiger partial charge is 0.492 e. The zero-order valence-corrected chi connectivity index (χ0v) is 11.7.